The number of hydrogen-bond acceptors (Lipinski definition) is 2. The van der Waals surface area contributed by atoms with E-state index >= 15 is 0 Å². The van der Waals surface area contributed by atoms with E-state index in [0.717, 1.165) is 0 Å². The van der Waals surface area contributed by atoms with E-state index in [1.807, 2.05) is 0 Å². The summed E-state index contributed by atoms with van der Waals surface area (Å²) in [6.45, 7) is 7.50. The minimum atomic E-state index is 0.529. The standard InChI is InChI=1S/C13H26N2/c1-2-10-15-11-5-7-13(8-12-15)6-3-4-9-14-13/h14H,2-12H2,1H3. The molecule has 1 N–H and O–H groups in total. The Labute approximate surface area is 94.4 Å². The summed E-state index contributed by atoms with van der Waals surface area (Å²) in [7, 11) is 0. The summed E-state index contributed by atoms with van der Waals surface area (Å²) in [6.07, 6.45) is 9.75. The van der Waals surface area contributed by atoms with Gasteiger partial charge in [0.25, 0.3) is 0 Å². The molecule has 0 aromatic rings. The van der Waals surface area contributed by atoms with Gasteiger partial charge in [0.05, 0.1) is 0 Å². The molecule has 2 heteroatoms. The van der Waals surface area contributed by atoms with Gasteiger partial charge in [-0.3, -0.25) is 0 Å². The van der Waals surface area contributed by atoms with Crippen molar-refractivity contribution in [1.29, 1.82) is 0 Å². The monoisotopic (exact) mass is 210 g/mol. The third-order valence-corrected chi connectivity index (χ3v) is 4.16. The van der Waals surface area contributed by atoms with Crippen molar-refractivity contribution < 1.29 is 0 Å². The van der Waals surface area contributed by atoms with Crippen molar-refractivity contribution in [3.63, 3.8) is 0 Å². The molecule has 2 fully saturated rings. The fourth-order valence-electron chi connectivity index (χ4n) is 3.25. The van der Waals surface area contributed by atoms with E-state index in [1.54, 1.807) is 0 Å². The molecule has 2 nitrogen and oxygen atoms in total. The molecule has 0 aliphatic carbocycles. The van der Waals surface area contributed by atoms with Crippen molar-refractivity contribution in [1.82, 2.24) is 10.2 Å². The number of nitrogens with one attached hydrogen (secondary N) is 1. The molecule has 2 aliphatic rings. The third-order valence-electron chi connectivity index (χ3n) is 4.16. The Morgan fingerprint density at radius 3 is 2.67 bits per heavy atom. The molecule has 0 aromatic heterocycles. The van der Waals surface area contributed by atoms with Crippen molar-refractivity contribution in [2.24, 2.45) is 0 Å². The van der Waals surface area contributed by atoms with Crippen LogP contribution in [0.2, 0.25) is 0 Å². The maximum atomic E-state index is 3.81. The Morgan fingerprint density at radius 2 is 1.93 bits per heavy atom. The predicted molar refractivity (Wildman–Crippen MR) is 65.2 cm³/mol. The predicted octanol–water partition coefficient (Wildman–Crippen LogP) is 2.39. The maximum absolute atomic E-state index is 3.81. The lowest BCUT2D eigenvalue weighted by Crippen LogP contribution is -2.49. The topological polar surface area (TPSA) is 15.3 Å². The van der Waals surface area contributed by atoms with Gasteiger partial charge in [0, 0.05) is 5.54 Å². The number of piperidine rings is 1. The summed E-state index contributed by atoms with van der Waals surface area (Å²) < 4.78 is 0. The molecule has 0 saturated carbocycles. The van der Waals surface area contributed by atoms with Crippen LogP contribution in [0.5, 0.6) is 0 Å². The number of hydrogen-bond donors (Lipinski definition) is 1. The Hall–Kier alpha value is -0.0800. The van der Waals surface area contributed by atoms with Crippen LogP contribution in [-0.4, -0.2) is 36.6 Å². The summed E-state index contributed by atoms with van der Waals surface area (Å²) in [6, 6.07) is 0. The second kappa shape index (κ2) is 5.31. The zero-order valence-corrected chi connectivity index (χ0v) is 10.2. The van der Waals surface area contributed by atoms with Crippen LogP contribution in [0.25, 0.3) is 0 Å². The average Bonchev–Trinajstić information content (AvgIpc) is 2.44. The molecule has 1 atom stereocenters. The van der Waals surface area contributed by atoms with Crippen molar-refractivity contribution >= 4 is 0 Å². The van der Waals surface area contributed by atoms with Gasteiger partial charge < -0.3 is 10.2 Å². The van der Waals surface area contributed by atoms with Crippen molar-refractivity contribution in [2.75, 3.05) is 26.2 Å². The van der Waals surface area contributed by atoms with Crippen LogP contribution < -0.4 is 5.32 Å². The highest BCUT2D eigenvalue weighted by molar-refractivity contribution is 4.93. The maximum Gasteiger partial charge on any atom is 0.0194 e. The Bertz CT molecular complexity index is 185. The van der Waals surface area contributed by atoms with E-state index in [9.17, 15) is 0 Å². The smallest absolute Gasteiger partial charge is 0.0194 e. The van der Waals surface area contributed by atoms with Crippen LogP contribution >= 0.6 is 0 Å². The van der Waals surface area contributed by atoms with Crippen LogP contribution in [0.15, 0.2) is 0 Å². The molecule has 2 saturated heterocycles. The Kier molecular flexibility index (Phi) is 4.04. The number of rotatable bonds is 2. The highest BCUT2D eigenvalue weighted by atomic mass is 15.1. The fraction of sp³-hybridized carbons (Fsp3) is 1.00. The van der Waals surface area contributed by atoms with E-state index in [-0.39, 0.29) is 0 Å². The Balaban J connectivity index is 1.87. The SMILES string of the molecule is CCCN1CCCC2(CCCCN2)CC1. The van der Waals surface area contributed by atoms with Gasteiger partial charge in [-0.2, -0.15) is 0 Å². The first-order valence-electron chi connectivity index (χ1n) is 6.82. The van der Waals surface area contributed by atoms with Gasteiger partial charge in [0.2, 0.25) is 0 Å². The van der Waals surface area contributed by atoms with Crippen LogP contribution in [0.1, 0.15) is 51.9 Å². The van der Waals surface area contributed by atoms with E-state index in [1.165, 1.54) is 71.1 Å². The molecule has 0 amide bonds. The molecular formula is C13H26N2. The lowest BCUT2D eigenvalue weighted by molar-refractivity contribution is 0.215. The van der Waals surface area contributed by atoms with Gasteiger partial charge in [0.15, 0.2) is 0 Å². The van der Waals surface area contributed by atoms with Crippen LogP contribution in [0.3, 0.4) is 0 Å². The summed E-state index contributed by atoms with van der Waals surface area (Å²) in [5.74, 6) is 0. The van der Waals surface area contributed by atoms with E-state index in [4.69, 9.17) is 0 Å². The fourth-order valence-corrected chi connectivity index (χ4v) is 3.25. The summed E-state index contributed by atoms with van der Waals surface area (Å²) in [4.78, 5) is 2.66. The molecule has 0 radical (unpaired) electrons. The summed E-state index contributed by atoms with van der Waals surface area (Å²) in [5, 5.41) is 3.81. The molecule has 88 valence electrons. The quantitative estimate of drug-likeness (QED) is 0.753. The van der Waals surface area contributed by atoms with Crippen molar-refractivity contribution in [3.05, 3.63) is 0 Å². The Morgan fingerprint density at radius 1 is 1.07 bits per heavy atom. The third kappa shape index (κ3) is 2.94. The van der Waals surface area contributed by atoms with Gasteiger partial charge in [-0.1, -0.05) is 13.3 Å². The van der Waals surface area contributed by atoms with Gasteiger partial charge in [0.1, 0.15) is 0 Å². The number of nitrogens with zero attached hydrogens (tertiary/aromatic N) is 1. The molecule has 1 unspecified atom stereocenters. The molecular weight excluding hydrogens is 184 g/mol. The average molecular weight is 210 g/mol. The zero-order valence-electron chi connectivity index (χ0n) is 10.2. The molecule has 2 rings (SSSR count). The van der Waals surface area contributed by atoms with E-state index in [2.05, 4.69) is 17.1 Å². The molecule has 0 bridgehead atoms. The van der Waals surface area contributed by atoms with E-state index in [0.29, 0.717) is 5.54 Å². The first-order chi connectivity index (χ1) is 7.35. The molecule has 2 aliphatic heterocycles. The molecule has 0 aromatic carbocycles. The van der Waals surface area contributed by atoms with Gasteiger partial charge in [-0.05, 0) is 64.7 Å². The number of likely N-dealkylation sites (tertiary alicyclic amines) is 1. The minimum Gasteiger partial charge on any atom is -0.311 e. The van der Waals surface area contributed by atoms with Gasteiger partial charge in [-0.25, -0.2) is 0 Å². The summed E-state index contributed by atoms with van der Waals surface area (Å²) >= 11 is 0. The highest BCUT2D eigenvalue weighted by Crippen LogP contribution is 2.30. The lowest BCUT2D eigenvalue weighted by Gasteiger charge is -2.38. The lowest BCUT2D eigenvalue weighted by atomic mass is 9.83. The second-order valence-electron chi connectivity index (χ2n) is 5.36. The molecule has 15 heavy (non-hydrogen) atoms. The van der Waals surface area contributed by atoms with E-state index < -0.39 is 0 Å². The van der Waals surface area contributed by atoms with Crippen molar-refractivity contribution in [2.45, 2.75) is 57.4 Å². The zero-order chi connectivity index (χ0) is 10.6. The largest absolute Gasteiger partial charge is 0.311 e. The minimum absolute atomic E-state index is 0.529. The van der Waals surface area contributed by atoms with Gasteiger partial charge >= 0.3 is 0 Å². The van der Waals surface area contributed by atoms with Gasteiger partial charge in [-0.15, -0.1) is 0 Å². The highest BCUT2D eigenvalue weighted by Gasteiger charge is 2.33. The normalized spacial score (nSPS) is 34.2. The summed E-state index contributed by atoms with van der Waals surface area (Å²) in [5.41, 5.74) is 0.529. The van der Waals surface area contributed by atoms with Crippen molar-refractivity contribution in [3.8, 4) is 0 Å². The molecule has 1 spiro atoms. The van der Waals surface area contributed by atoms with Crippen LogP contribution in [0.4, 0.5) is 0 Å². The molecule has 2 heterocycles. The first kappa shape index (κ1) is 11.4. The van der Waals surface area contributed by atoms with Crippen LogP contribution in [0, 0.1) is 0 Å². The van der Waals surface area contributed by atoms with Crippen LogP contribution in [-0.2, 0) is 0 Å². The second-order valence-corrected chi connectivity index (χ2v) is 5.36. The first-order valence-corrected chi connectivity index (χ1v) is 6.82.